The minimum absolute atomic E-state index is 0.448. The fourth-order valence-electron chi connectivity index (χ4n) is 1.20. The van der Waals surface area contributed by atoms with Gasteiger partial charge in [0.1, 0.15) is 0 Å². The Morgan fingerprint density at radius 1 is 1.38 bits per heavy atom. The molecule has 0 atom stereocenters. The van der Waals surface area contributed by atoms with Crippen LogP contribution in [0.15, 0.2) is 36.4 Å². The van der Waals surface area contributed by atoms with Crippen LogP contribution in [0.5, 0.6) is 0 Å². The lowest BCUT2D eigenvalue weighted by Crippen LogP contribution is -2.08. The van der Waals surface area contributed by atoms with Gasteiger partial charge in [-0.2, -0.15) is 0 Å². The minimum Gasteiger partial charge on any atom is -0.478 e. The normalized spacial score (nSPS) is 10.3. The van der Waals surface area contributed by atoms with Crippen molar-refractivity contribution >= 4 is 17.6 Å². The molecule has 16 heavy (non-hydrogen) atoms. The number of benzene rings is 1. The summed E-state index contributed by atoms with van der Waals surface area (Å²) in [5, 5.41) is 10.9. The van der Waals surface area contributed by atoms with E-state index in [1.54, 1.807) is 6.07 Å². The van der Waals surface area contributed by atoms with Gasteiger partial charge < -0.3 is 10.4 Å². The molecule has 4 nitrogen and oxygen atoms in total. The van der Waals surface area contributed by atoms with Crippen LogP contribution < -0.4 is 5.32 Å². The van der Waals surface area contributed by atoms with Crippen molar-refractivity contribution in [3.63, 3.8) is 0 Å². The molecule has 0 bridgehead atoms. The maximum absolute atomic E-state index is 11.3. The van der Waals surface area contributed by atoms with Crippen LogP contribution in [0.2, 0.25) is 0 Å². The molecule has 0 saturated heterocycles. The lowest BCUT2D eigenvalue weighted by atomic mass is 10.1. The van der Waals surface area contributed by atoms with Gasteiger partial charge in [-0.3, -0.25) is 4.79 Å². The SMILES string of the molecule is CCc1cccc(NC(=O)/C=C/C(=O)O)c1. The van der Waals surface area contributed by atoms with E-state index in [2.05, 4.69) is 5.32 Å². The van der Waals surface area contributed by atoms with Gasteiger partial charge in [-0.15, -0.1) is 0 Å². The maximum Gasteiger partial charge on any atom is 0.328 e. The minimum atomic E-state index is -1.14. The van der Waals surface area contributed by atoms with Crippen molar-refractivity contribution in [2.75, 3.05) is 5.32 Å². The number of anilines is 1. The van der Waals surface area contributed by atoms with Gasteiger partial charge in [0.25, 0.3) is 0 Å². The van der Waals surface area contributed by atoms with Crippen molar-refractivity contribution in [3.8, 4) is 0 Å². The number of carbonyl (C=O) groups excluding carboxylic acids is 1. The number of aryl methyl sites for hydroxylation is 1. The lowest BCUT2D eigenvalue weighted by molar-refractivity contribution is -0.131. The van der Waals surface area contributed by atoms with Crippen molar-refractivity contribution in [3.05, 3.63) is 42.0 Å². The van der Waals surface area contributed by atoms with E-state index >= 15 is 0 Å². The van der Waals surface area contributed by atoms with Gasteiger partial charge in [0.2, 0.25) is 5.91 Å². The molecule has 1 rings (SSSR count). The molecule has 0 aliphatic carbocycles. The number of carboxylic acid groups (broad SMARTS) is 1. The van der Waals surface area contributed by atoms with Crippen LogP contribution in [0, 0.1) is 0 Å². The number of hydrogen-bond acceptors (Lipinski definition) is 2. The molecule has 0 aliphatic heterocycles. The van der Waals surface area contributed by atoms with Crippen LogP contribution in [0.1, 0.15) is 12.5 Å². The van der Waals surface area contributed by atoms with Gasteiger partial charge in [-0.05, 0) is 24.1 Å². The molecule has 0 radical (unpaired) electrons. The third-order valence-corrected chi connectivity index (χ3v) is 1.98. The molecule has 84 valence electrons. The van der Waals surface area contributed by atoms with E-state index in [1.165, 1.54) is 0 Å². The van der Waals surface area contributed by atoms with E-state index in [0.29, 0.717) is 5.69 Å². The molecule has 4 heteroatoms. The molecule has 1 aromatic rings. The molecular weight excluding hydrogens is 206 g/mol. The molecule has 0 aliphatic rings. The fraction of sp³-hybridized carbons (Fsp3) is 0.167. The summed E-state index contributed by atoms with van der Waals surface area (Å²) >= 11 is 0. The summed E-state index contributed by atoms with van der Waals surface area (Å²) in [5.74, 6) is -1.59. The molecule has 1 aromatic carbocycles. The Balaban J connectivity index is 2.65. The van der Waals surface area contributed by atoms with Crippen LogP contribution in [0.25, 0.3) is 0 Å². The molecule has 0 saturated carbocycles. The molecule has 0 spiro atoms. The number of nitrogens with one attached hydrogen (secondary N) is 1. The van der Waals surface area contributed by atoms with E-state index in [-0.39, 0.29) is 0 Å². The zero-order valence-electron chi connectivity index (χ0n) is 8.93. The van der Waals surface area contributed by atoms with Crippen molar-refractivity contribution in [2.24, 2.45) is 0 Å². The molecule has 0 fully saturated rings. The van der Waals surface area contributed by atoms with Crippen LogP contribution in [-0.4, -0.2) is 17.0 Å². The number of carboxylic acids is 1. The third kappa shape index (κ3) is 3.96. The van der Waals surface area contributed by atoms with Crippen molar-refractivity contribution in [1.29, 1.82) is 0 Å². The monoisotopic (exact) mass is 219 g/mol. The first-order chi connectivity index (χ1) is 7.61. The predicted molar refractivity (Wildman–Crippen MR) is 61.2 cm³/mol. The van der Waals surface area contributed by atoms with Gasteiger partial charge in [-0.25, -0.2) is 4.79 Å². The topological polar surface area (TPSA) is 66.4 Å². The highest BCUT2D eigenvalue weighted by Gasteiger charge is 1.99. The average molecular weight is 219 g/mol. The first-order valence-electron chi connectivity index (χ1n) is 4.92. The first kappa shape index (κ1) is 12.0. The van der Waals surface area contributed by atoms with Crippen LogP contribution >= 0.6 is 0 Å². The predicted octanol–water partition coefficient (Wildman–Crippen LogP) is 1.83. The van der Waals surface area contributed by atoms with Crippen molar-refractivity contribution in [2.45, 2.75) is 13.3 Å². The van der Waals surface area contributed by atoms with Crippen LogP contribution in [0.4, 0.5) is 5.69 Å². The first-order valence-corrected chi connectivity index (χ1v) is 4.92. The largest absolute Gasteiger partial charge is 0.478 e. The smallest absolute Gasteiger partial charge is 0.328 e. The zero-order valence-corrected chi connectivity index (χ0v) is 8.93. The van der Waals surface area contributed by atoms with Crippen molar-refractivity contribution in [1.82, 2.24) is 0 Å². The zero-order chi connectivity index (χ0) is 12.0. The number of aliphatic carboxylic acids is 1. The van der Waals surface area contributed by atoms with Crippen LogP contribution in [0.3, 0.4) is 0 Å². The van der Waals surface area contributed by atoms with Gasteiger partial charge in [0, 0.05) is 17.8 Å². The summed E-state index contributed by atoms with van der Waals surface area (Å²) in [6.45, 7) is 2.02. The Morgan fingerprint density at radius 2 is 2.12 bits per heavy atom. The second-order valence-electron chi connectivity index (χ2n) is 3.21. The number of amides is 1. The summed E-state index contributed by atoms with van der Waals surface area (Å²) in [5.41, 5.74) is 1.78. The van der Waals surface area contributed by atoms with Gasteiger partial charge in [-0.1, -0.05) is 19.1 Å². The highest BCUT2D eigenvalue weighted by Crippen LogP contribution is 2.10. The van der Waals surface area contributed by atoms with Gasteiger partial charge in [0.05, 0.1) is 0 Å². The van der Waals surface area contributed by atoms with E-state index < -0.39 is 11.9 Å². The van der Waals surface area contributed by atoms with Gasteiger partial charge >= 0.3 is 5.97 Å². The van der Waals surface area contributed by atoms with E-state index in [9.17, 15) is 9.59 Å². The maximum atomic E-state index is 11.3. The molecular formula is C12H13NO3. The molecule has 2 N–H and O–H groups in total. The lowest BCUT2D eigenvalue weighted by Gasteiger charge is -2.03. The Labute approximate surface area is 93.6 Å². The summed E-state index contributed by atoms with van der Waals surface area (Å²) in [6.07, 6.45) is 2.68. The van der Waals surface area contributed by atoms with E-state index in [4.69, 9.17) is 5.11 Å². The molecule has 0 aromatic heterocycles. The Morgan fingerprint density at radius 3 is 2.75 bits per heavy atom. The molecule has 0 heterocycles. The molecule has 1 amide bonds. The summed E-state index contributed by atoms with van der Waals surface area (Å²) in [4.78, 5) is 21.4. The highest BCUT2D eigenvalue weighted by atomic mass is 16.4. The van der Waals surface area contributed by atoms with Gasteiger partial charge in [0.15, 0.2) is 0 Å². The highest BCUT2D eigenvalue weighted by molar-refractivity contribution is 6.02. The Bertz CT molecular complexity index is 424. The Hall–Kier alpha value is -2.10. The van der Waals surface area contributed by atoms with E-state index in [0.717, 1.165) is 24.1 Å². The van der Waals surface area contributed by atoms with Crippen LogP contribution in [-0.2, 0) is 16.0 Å². The Kier molecular flexibility index (Phi) is 4.27. The van der Waals surface area contributed by atoms with Crippen molar-refractivity contribution < 1.29 is 14.7 Å². The standard InChI is InChI=1S/C12H13NO3/c1-2-9-4-3-5-10(8-9)13-11(14)6-7-12(15)16/h3-8H,2H2,1H3,(H,13,14)(H,15,16)/b7-6+. The summed E-state index contributed by atoms with van der Waals surface area (Å²) in [7, 11) is 0. The summed E-state index contributed by atoms with van der Waals surface area (Å²) in [6, 6.07) is 7.41. The second kappa shape index (κ2) is 5.70. The number of hydrogen-bond donors (Lipinski definition) is 2. The molecule has 0 unspecified atom stereocenters. The second-order valence-corrected chi connectivity index (χ2v) is 3.21. The number of rotatable bonds is 4. The summed E-state index contributed by atoms with van der Waals surface area (Å²) < 4.78 is 0. The fourth-order valence-corrected chi connectivity index (χ4v) is 1.20. The number of carbonyl (C=O) groups is 2. The third-order valence-electron chi connectivity index (χ3n) is 1.98. The quantitative estimate of drug-likeness (QED) is 0.759. The average Bonchev–Trinajstić information content (AvgIpc) is 2.26. The van der Waals surface area contributed by atoms with E-state index in [1.807, 2.05) is 25.1 Å².